The fraction of sp³-hybridized carbons (Fsp3) is 0.273. The lowest BCUT2D eigenvalue weighted by Gasteiger charge is -2.01. The van der Waals surface area contributed by atoms with Gasteiger partial charge in [-0.15, -0.1) is 5.10 Å². The third-order valence-corrected chi connectivity index (χ3v) is 2.77. The van der Waals surface area contributed by atoms with E-state index in [1.54, 1.807) is 23.0 Å². The molecule has 0 bridgehead atoms. The number of hydrogen-bond acceptors (Lipinski definition) is 4. The molecule has 7 nitrogen and oxygen atoms in total. The van der Waals surface area contributed by atoms with Gasteiger partial charge in [0.15, 0.2) is 5.65 Å². The first-order valence-corrected chi connectivity index (χ1v) is 5.70. The maximum absolute atomic E-state index is 12.1. The number of pyridine rings is 1. The SMILES string of the molecule is CCn1ncnc1Cn1nc2ccccn2c1=O. The van der Waals surface area contributed by atoms with Crippen molar-refractivity contribution in [3.8, 4) is 0 Å². The van der Waals surface area contributed by atoms with Crippen LogP contribution in [0.25, 0.3) is 5.65 Å². The van der Waals surface area contributed by atoms with Crippen LogP contribution in [-0.2, 0) is 13.1 Å². The van der Waals surface area contributed by atoms with Crippen molar-refractivity contribution in [3.05, 3.63) is 47.0 Å². The van der Waals surface area contributed by atoms with Gasteiger partial charge in [-0.25, -0.2) is 19.1 Å². The lowest BCUT2D eigenvalue weighted by Crippen LogP contribution is -2.23. The maximum atomic E-state index is 12.1. The van der Waals surface area contributed by atoms with Crippen molar-refractivity contribution in [1.82, 2.24) is 28.9 Å². The number of fused-ring (bicyclic) bond motifs is 1. The van der Waals surface area contributed by atoms with Gasteiger partial charge in [0.05, 0.1) is 0 Å². The van der Waals surface area contributed by atoms with Crippen molar-refractivity contribution in [1.29, 1.82) is 0 Å². The van der Waals surface area contributed by atoms with Crippen molar-refractivity contribution in [2.45, 2.75) is 20.0 Å². The zero-order valence-electron chi connectivity index (χ0n) is 9.89. The summed E-state index contributed by atoms with van der Waals surface area (Å²) in [6.45, 7) is 3.02. The molecule has 0 radical (unpaired) electrons. The molecular weight excluding hydrogens is 232 g/mol. The first-order chi connectivity index (χ1) is 8.79. The second kappa shape index (κ2) is 4.10. The predicted molar refractivity (Wildman–Crippen MR) is 64.3 cm³/mol. The van der Waals surface area contributed by atoms with Crippen LogP contribution in [0.15, 0.2) is 35.5 Å². The van der Waals surface area contributed by atoms with E-state index in [0.717, 1.165) is 12.4 Å². The molecule has 18 heavy (non-hydrogen) atoms. The molecule has 0 saturated carbocycles. The Hall–Kier alpha value is -2.44. The topological polar surface area (TPSA) is 70.0 Å². The monoisotopic (exact) mass is 244 g/mol. The molecule has 0 spiro atoms. The Labute approximate surface area is 102 Å². The summed E-state index contributed by atoms with van der Waals surface area (Å²) >= 11 is 0. The molecule has 0 aromatic carbocycles. The van der Waals surface area contributed by atoms with Gasteiger partial charge in [-0.2, -0.15) is 5.10 Å². The highest BCUT2D eigenvalue weighted by atomic mass is 16.2. The molecule has 92 valence electrons. The van der Waals surface area contributed by atoms with Crippen LogP contribution >= 0.6 is 0 Å². The molecule has 0 saturated heterocycles. The predicted octanol–water partition coefficient (Wildman–Crippen LogP) is 0.156. The standard InChI is InChI=1S/C11H12N6O/c1-2-16-10(12-8-13-16)7-17-11(18)15-6-4-3-5-9(15)14-17/h3-6,8H,2,7H2,1H3. The number of rotatable bonds is 3. The molecule has 0 aliphatic rings. The summed E-state index contributed by atoms with van der Waals surface area (Å²) in [7, 11) is 0. The highest BCUT2D eigenvalue weighted by Gasteiger charge is 2.09. The highest BCUT2D eigenvalue weighted by Crippen LogP contribution is 1.99. The van der Waals surface area contributed by atoms with Gasteiger partial charge in [-0.1, -0.05) is 6.07 Å². The minimum Gasteiger partial charge on any atom is -0.250 e. The van der Waals surface area contributed by atoms with Gasteiger partial charge in [0.1, 0.15) is 18.7 Å². The van der Waals surface area contributed by atoms with Crippen LogP contribution in [0, 0.1) is 0 Å². The van der Waals surface area contributed by atoms with Crippen LogP contribution in [0.2, 0.25) is 0 Å². The number of aryl methyl sites for hydroxylation is 1. The molecule has 3 heterocycles. The largest absolute Gasteiger partial charge is 0.350 e. The van der Waals surface area contributed by atoms with Gasteiger partial charge >= 0.3 is 5.69 Å². The molecule has 0 aliphatic heterocycles. The van der Waals surface area contributed by atoms with Crippen molar-refractivity contribution in [2.75, 3.05) is 0 Å². The third kappa shape index (κ3) is 1.60. The van der Waals surface area contributed by atoms with E-state index in [-0.39, 0.29) is 5.69 Å². The summed E-state index contributed by atoms with van der Waals surface area (Å²) in [6.07, 6.45) is 3.19. The molecule has 3 aromatic heterocycles. The quantitative estimate of drug-likeness (QED) is 0.658. The molecule has 0 amide bonds. The van der Waals surface area contributed by atoms with E-state index in [0.29, 0.717) is 12.2 Å². The summed E-state index contributed by atoms with van der Waals surface area (Å²) in [5.74, 6) is 0.725. The minimum atomic E-state index is -0.170. The van der Waals surface area contributed by atoms with E-state index in [4.69, 9.17) is 0 Å². The van der Waals surface area contributed by atoms with Crippen LogP contribution < -0.4 is 5.69 Å². The fourth-order valence-corrected chi connectivity index (χ4v) is 1.88. The molecule has 0 fully saturated rings. The molecular formula is C11H12N6O. The summed E-state index contributed by atoms with van der Waals surface area (Å²) < 4.78 is 4.65. The average molecular weight is 244 g/mol. The lowest BCUT2D eigenvalue weighted by atomic mass is 10.5. The Bertz CT molecular complexity index is 737. The highest BCUT2D eigenvalue weighted by molar-refractivity contribution is 5.35. The Balaban J connectivity index is 2.05. The molecule has 0 atom stereocenters. The summed E-state index contributed by atoms with van der Waals surface area (Å²) in [5.41, 5.74) is 0.460. The molecule has 0 unspecified atom stereocenters. The van der Waals surface area contributed by atoms with Crippen molar-refractivity contribution >= 4 is 5.65 Å². The fourth-order valence-electron chi connectivity index (χ4n) is 1.88. The Morgan fingerprint density at radius 1 is 1.28 bits per heavy atom. The zero-order valence-corrected chi connectivity index (χ0v) is 9.89. The second-order valence-electron chi connectivity index (χ2n) is 3.86. The van der Waals surface area contributed by atoms with Crippen molar-refractivity contribution in [2.24, 2.45) is 0 Å². The summed E-state index contributed by atoms with van der Waals surface area (Å²) in [6, 6.07) is 5.44. The number of aromatic nitrogens is 6. The van der Waals surface area contributed by atoms with Crippen LogP contribution in [0.4, 0.5) is 0 Å². The number of hydrogen-bond donors (Lipinski definition) is 0. The first-order valence-electron chi connectivity index (χ1n) is 5.70. The van der Waals surface area contributed by atoms with Gasteiger partial charge in [0.2, 0.25) is 0 Å². The maximum Gasteiger partial charge on any atom is 0.350 e. The van der Waals surface area contributed by atoms with E-state index >= 15 is 0 Å². The summed E-state index contributed by atoms with van der Waals surface area (Å²) in [5, 5.41) is 8.32. The van der Waals surface area contributed by atoms with Gasteiger partial charge in [-0.05, 0) is 19.1 Å². The smallest absolute Gasteiger partial charge is 0.250 e. The molecule has 3 rings (SSSR count). The lowest BCUT2D eigenvalue weighted by molar-refractivity contribution is 0.558. The number of nitrogens with zero attached hydrogens (tertiary/aromatic N) is 6. The Morgan fingerprint density at radius 2 is 2.17 bits per heavy atom. The zero-order chi connectivity index (χ0) is 12.5. The summed E-state index contributed by atoms with van der Waals surface area (Å²) in [4.78, 5) is 16.2. The molecule has 3 aromatic rings. The van der Waals surface area contributed by atoms with E-state index in [1.165, 1.54) is 15.4 Å². The molecule has 0 aliphatic carbocycles. The first kappa shape index (κ1) is 10.7. The van der Waals surface area contributed by atoms with Crippen molar-refractivity contribution < 1.29 is 0 Å². The average Bonchev–Trinajstić information content (AvgIpc) is 2.96. The van der Waals surface area contributed by atoms with E-state index in [2.05, 4.69) is 15.2 Å². The second-order valence-corrected chi connectivity index (χ2v) is 3.86. The molecule has 7 heteroatoms. The van der Waals surface area contributed by atoms with Crippen LogP contribution in [0.3, 0.4) is 0 Å². The Kier molecular flexibility index (Phi) is 2.44. The van der Waals surface area contributed by atoms with Gasteiger partial charge in [0.25, 0.3) is 0 Å². The van der Waals surface area contributed by atoms with Gasteiger partial charge < -0.3 is 0 Å². The van der Waals surface area contributed by atoms with E-state index in [9.17, 15) is 4.79 Å². The third-order valence-electron chi connectivity index (χ3n) is 2.77. The van der Waals surface area contributed by atoms with Gasteiger partial charge in [-0.3, -0.25) is 4.40 Å². The Morgan fingerprint density at radius 3 is 2.94 bits per heavy atom. The van der Waals surface area contributed by atoms with Crippen LogP contribution in [-0.4, -0.2) is 28.9 Å². The van der Waals surface area contributed by atoms with Gasteiger partial charge in [0, 0.05) is 12.7 Å². The normalized spacial score (nSPS) is 11.2. The van der Waals surface area contributed by atoms with Crippen molar-refractivity contribution in [3.63, 3.8) is 0 Å². The minimum absolute atomic E-state index is 0.170. The van der Waals surface area contributed by atoms with Crippen LogP contribution in [0.5, 0.6) is 0 Å². The van der Waals surface area contributed by atoms with Crippen LogP contribution in [0.1, 0.15) is 12.7 Å². The molecule has 0 N–H and O–H groups in total. The van der Waals surface area contributed by atoms with E-state index in [1.807, 2.05) is 13.0 Å². The van der Waals surface area contributed by atoms with E-state index < -0.39 is 0 Å².